The van der Waals surface area contributed by atoms with Crippen LogP contribution in [0.4, 0.5) is 4.79 Å². The molecule has 1 aliphatic heterocycles. The van der Waals surface area contributed by atoms with Crippen molar-refractivity contribution in [2.45, 2.75) is 58.9 Å². The Morgan fingerprint density at radius 3 is 2.20 bits per heavy atom. The minimum absolute atomic E-state index is 0.156. The van der Waals surface area contributed by atoms with Crippen LogP contribution in [0.1, 0.15) is 79.1 Å². The zero-order chi connectivity index (χ0) is 22.2. The summed E-state index contributed by atoms with van der Waals surface area (Å²) in [5.74, 6) is -0.128. The lowest BCUT2D eigenvalue weighted by Gasteiger charge is -2.22. The van der Waals surface area contributed by atoms with E-state index in [4.69, 9.17) is 0 Å². The summed E-state index contributed by atoms with van der Waals surface area (Å²) in [6.07, 6.45) is 0. The molecule has 2 aromatic rings. The molecule has 1 saturated heterocycles. The Labute approximate surface area is 178 Å². The molecule has 5 heteroatoms. The van der Waals surface area contributed by atoms with Gasteiger partial charge in [0.05, 0.1) is 6.54 Å². The van der Waals surface area contributed by atoms with Gasteiger partial charge in [0, 0.05) is 5.56 Å². The van der Waals surface area contributed by atoms with Gasteiger partial charge in [0.25, 0.3) is 5.91 Å². The fraction of sp³-hybridized carbons (Fsp3) is 0.400. The number of rotatable bonds is 6. The summed E-state index contributed by atoms with van der Waals surface area (Å²) in [6, 6.07) is 12.8. The second kappa shape index (κ2) is 8.05. The van der Waals surface area contributed by atoms with Gasteiger partial charge in [-0.1, -0.05) is 75.7 Å². The number of hydrogen-bond donors (Lipinski definition) is 1. The molecule has 0 bridgehead atoms. The Balaban J connectivity index is 1.88. The van der Waals surface area contributed by atoms with E-state index in [2.05, 4.69) is 25.2 Å². The molecule has 1 atom stereocenters. The highest BCUT2D eigenvalue weighted by Gasteiger charge is 2.49. The van der Waals surface area contributed by atoms with Crippen molar-refractivity contribution in [1.82, 2.24) is 10.2 Å². The number of carbonyl (C=O) groups excluding carboxylic acids is 3. The molecule has 158 valence electrons. The number of nitrogens with zero attached hydrogens (tertiary/aromatic N) is 1. The van der Waals surface area contributed by atoms with Crippen molar-refractivity contribution in [2.24, 2.45) is 0 Å². The third kappa shape index (κ3) is 3.89. The summed E-state index contributed by atoms with van der Waals surface area (Å²) < 4.78 is 0. The van der Waals surface area contributed by atoms with Crippen LogP contribution in [0.5, 0.6) is 0 Å². The normalized spacial score (nSPS) is 19.0. The van der Waals surface area contributed by atoms with Gasteiger partial charge >= 0.3 is 6.03 Å². The Bertz CT molecular complexity index is 992. The molecule has 1 heterocycles. The van der Waals surface area contributed by atoms with Gasteiger partial charge in [-0.2, -0.15) is 0 Å². The monoisotopic (exact) mass is 406 g/mol. The maximum absolute atomic E-state index is 13.1. The Morgan fingerprint density at radius 2 is 1.63 bits per heavy atom. The van der Waals surface area contributed by atoms with Crippen molar-refractivity contribution in [3.63, 3.8) is 0 Å². The lowest BCUT2D eigenvalue weighted by molar-refractivity contribution is -0.130. The number of carbonyl (C=O) groups is 3. The van der Waals surface area contributed by atoms with Gasteiger partial charge < -0.3 is 5.32 Å². The number of hydrogen-bond acceptors (Lipinski definition) is 3. The van der Waals surface area contributed by atoms with Crippen LogP contribution in [0.25, 0.3) is 0 Å². The summed E-state index contributed by atoms with van der Waals surface area (Å²) in [5.41, 5.74) is 3.27. The zero-order valence-corrected chi connectivity index (χ0v) is 18.6. The molecule has 30 heavy (non-hydrogen) atoms. The summed E-state index contributed by atoms with van der Waals surface area (Å²) in [4.78, 5) is 39.9. The largest absolute Gasteiger partial charge is 0.325 e. The number of Topliss-reactive ketones (excluding diaryl/α,β-unsaturated/α-hetero) is 1. The maximum atomic E-state index is 13.1. The first-order chi connectivity index (χ1) is 14.0. The molecule has 3 rings (SSSR count). The van der Waals surface area contributed by atoms with E-state index >= 15 is 0 Å². The van der Waals surface area contributed by atoms with Gasteiger partial charge in [-0.3, -0.25) is 14.5 Å². The third-order valence-electron chi connectivity index (χ3n) is 5.87. The molecular weight excluding hydrogens is 376 g/mol. The number of urea groups is 1. The Kier molecular flexibility index (Phi) is 5.84. The molecule has 1 unspecified atom stereocenters. The van der Waals surface area contributed by atoms with Crippen LogP contribution < -0.4 is 5.32 Å². The molecule has 3 amide bonds. The fourth-order valence-electron chi connectivity index (χ4n) is 3.82. The van der Waals surface area contributed by atoms with E-state index in [1.54, 1.807) is 6.92 Å². The number of benzene rings is 2. The van der Waals surface area contributed by atoms with Crippen LogP contribution in [0.3, 0.4) is 0 Å². The molecule has 0 radical (unpaired) electrons. The highest BCUT2D eigenvalue weighted by atomic mass is 16.2. The van der Waals surface area contributed by atoms with E-state index in [0.29, 0.717) is 17.0 Å². The van der Waals surface area contributed by atoms with Crippen LogP contribution in [-0.2, 0) is 10.3 Å². The lowest BCUT2D eigenvalue weighted by Crippen LogP contribution is -2.41. The fourth-order valence-corrected chi connectivity index (χ4v) is 3.82. The molecule has 0 saturated carbocycles. The van der Waals surface area contributed by atoms with E-state index in [1.165, 1.54) is 0 Å². The molecule has 1 aliphatic rings. The van der Waals surface area contributed by atoms with Crippen molar-refractivity contribution in [1.29, 1.82) is 0 Å². The molecule has 1 fully saturated rings. The van der Waals surface area contributed by atoms with E-state index in [-0.39, 0.29) is 18.2 Å². The number of imide groups is 1. The molecule has 0 aromatic heterocycles. The third-order valence-corrected chi connectivity index (χ3v) is 5.87. The molecule has 0 spiro atoms. The minimum atomic E-state index is -1.17. The van der Waals surface area contributed by atoms with Crippen molar-refractivity contribution < 1.29 is 14.4 Å². The predicted octanol–water partition coefficient (Wildman–Crippen LogP) is 4.89. The smallest absolute Gasteiger partial charge is 0.319 e. The van der Waals surface area contributed by atoms with Crippen molar-refractivity contribution in [3.05, 3.63) is 70.3 Å². The molecular formula is C25H30N2O3. The SMILES string of the molecule is Cc1ccc(C2(C)NC(=O)N(CC(=O)c3ccc(C(C)C)cc3C(C)C)C2=O)cc1. The van der Waals surface area contributed by atoms with Crippen molar-refractivity contribution >= 4 is 17.7 Å². The standard InChI is InChI=1S/C25H30N2O3/c1-15(2)18-9-12-20(21(13-18)16(3)4)22(28)14-27-23(29)25(6,26-24(27)30)19-10-7-17(5)8-11-19/h7-13,15-16H,14H2,1-6H3,(H,26,30). The molecule has 0 aliphatic carbocycles. The minimum Gasteiger partial charge on any atom is -0.319 e. The van der Waals surface area contributed by atoms with Gasteiger partial charge in [0.15, 0.2) is 5.78 Å². The zero-order valence-electron chi connectivity index (χ0n) is 18.6. The quantitative estimate of drug-likeness (QED) is 0.548. The van der Waals surface area contributed by atoms with Crippen molar-refractivity contribution in [3.8, 4) is 0 Å². The van der Waals surface area contributed by atoms with Crippen LogP contribution in [-0.4, -0.2) is 29.2 Å². The number of nitrogens with one attached hydrogen (secondary N) is 1. The second-order valence-electron chi connectivity index (χ2n) is 8.89. The summed E-state index contributed by atoms with van der Waals surface area (Å²) in [5, 5.41) is 2.77. The lowest BCUT2D eigenvalue weighted by atomic mass is 9.89. The highest BCUT2D eigenvalue weighted by molar-refractivity contribution is 6.11. The van der Waals surface area contributed by atoms with E-state index in [0.717, 1.165) is 21.6 Å². The van der Waals surface area contributed by atoms with Gasteiger partial charge in [0.2, 0.25) is 0 Å². The van der Waals surface area contributed by atoms with Crippen LogP contribution in [0, 0.1) is 6.92 Å². The first-order valence-electron chi connectivity index (χ1n) is 10.4. The average molecular weight is 407 g/mol. The summed E-state index contributed by atoms with van der Waals surface area (Å²) >= 11 is 0. The first-order valence-corrected chi connectivity index (χ1v) is 10.4. The second-order valence-corrected chi connectivity index (χ2v) is 8.89. The van der Waals surface area contributed by atoms with Gasteiger partial charge in [0.1, 0.15) is 5.54 Å². The average Bonchev–Trinajstić information content (AvgIpc) is 2.91. The molecule has 2 aromatic carbocycles. The van der Waals surface area contributed by atoms with Gasteiger partial charge in [-0.05, 0) is 42.4 Å². The number of aryl methyl sites for hydroxylation is 1. The van der Waals surface area contributed by atoms with E-state index in [1.807, 2.05) is 57.2 Å². The highest BCUT2D eigenvalue weighted by Crippen LogP contribution is 2.30. The first kappa shape index (κ1) is 21.8. The maximum Gasteiger partial charge on any atom is 0.325 e. The Morgan fingerprint density at radius 1 is 1.00 bits per heavy atom. The summed E-state index contributed by atoms with van der Waals surface area (Å²) in [6.45, 7) is 11.7. The number of ketones is 1. The van der Waals surface area contributed by atoms with Gasteiger partial charge in [-0.15, -0.1) is 0 Å². The van der Waals surface area contributed by atoms with Gasteiger partial charge in [-0.25, -0.2) is 4.79 Å². The topological polar surface area (TPSA) is 66.5 Å². The van der Waals surface area contributed by atoms with Crippen molar-refractivity contribution in [2.75, 3.05) is 6.54 Å². The molecule has 1 N–H and O–H groups in total. The molecule has 5 nitrogen and oxygen atoms in total. The van der Waals surface area contributed by atoms with E-state index < -0.39 is 17.5 Å². The van der Waals surface area contributed by atoms with E-state index in [9.17, 15) is 14.4 Å². The predicted molar refractivity (Wildman–Crippen MR) is 118 cm³/mol. The van der Waals surface area contributed by atoms with Crippen LogP contribution in [0.15, 0.2) is 42.5 Å². The Hall–Kier alpha value is -2.95. The summed E-state index contributed by atoms with van der Waals surface area (Å²) in [7, 11) is 0. The van der Waals surface area contributed by atoms with Crippen LogP contribution in [0.2, 0.25) is 0 Å². The number of amides is 3. The van der Waals surface area contributed by atoms with Crippen LogP contribution >= 0.6 is 0 Å².